The van der Waals surface area contributed by atoms with Gasteiger partial charge in [-0.15, -0.1) is 0 Å². The lowest BCUT2D eigenvalue weighted by Crippen LogP contribution is -2.45. The summed E-state index contributed by atoms with van der Waals surface area (Å²) in [4.78, 5) is 12.2. The standard InChI is InChI=1S/C18H30N2O4/c1-6-23-15-9-8-13(10-16(15)24-7-2)17(12(3)4)20-18(21)14(19)11-22-5/h8-10,12,14,17H,6-7,11,19H2,1-5H3,(H,20,21). The predicted molar refractivity (Wildman–Crippen MR) is 94.4 cm³/mol. The third-order valence-electron chi connectivity index (χ3n) is 3.57. The maximum Gasteiger partial charge on any atom is 0.239 e. The van der Waals surface area contributed by atoms with E-state index in [-0.39, 0.29) is 24.5 Å². The van der Waals surface area contributed by atoms with Crippen LogP contribution >= 0.6 is 0 Å². The van der Waals surface area contributed by atoms with Gasteiger partial charge in [-0.1, -0.05) is 19.9 Å². The molecule has 0 spiro atoms. The molecule has 0 aromatic heterocycles. The van der Waals surface area contributed by atoms with E-state index in [2.05, 4.69) is 5.32 Å². The van der Waals surface area contributed by atoms with Crippen LogP contribution in [0.4, 0.5) is 0 Å². The van der Waals surface area contributed by atoms with E-state index in [0.29, 0.717) is 24.7 Å². The largest absolute Gasteiger partial charge is 0.490 e. The van der Waals surface area contributed by atoms with Gasteiger partial charge in [-0.3, -0.25) is 4.79 Å². The van der Waals surface area contributed by atoms with E-state index in [4.69, 9.17) is 19.9 Å². The van der Waals surface area contributed by atoms with Crippen LogP contribution in [0.3, 0.4) is 0 Å². The van der Waals surface area contributed by atoms with Gasteiger partial charge in [-0.05, 0) is 37.5 Å². The quantitative estimate of drug-likeness (QED) is 0.684. The molecule has 0 heterocycles. The molecule has 1 amide bonds. The van der Waals surface area contributed by atoms with E-state index in [1.54, 1.807) is 0 Å². The molecule has 0 fully saturated rings. The molecule has 6 nitrogen and oxygen atoms in total. The number of rotatable bonds is 10. The summed E-state index contributed by atoms with van der Waals surface area (Å²) in [6, 6.07) is 4.88. The van der Waals surface area contributed by atoms with Gasteiger partial charge in [0.05, 0.1) is 25.9 Å². The van der Waals surface area contributed by atoms with Gasteiger partial charge >= 0.3 is 0 Å². The molecular weight excluding hydrogens is 308 g/mol. The fraction of sp³-hybridized carbons (Fsp3) is 0.611. The maximum absolute atomic E-state index is 12.2. The van der Waals surface area contributed by atoms with Crippen molar-refractivity contribution < 1.29 is 19.0 Å². The highest BCUT2D eigenvalue weighted by molar-refractivity contribution is 5.82. The highest BCUT2D eigenvalue weighted by Gasteiger charge is 2.23. The molecule has 24 heavy (non-hydrogen) atoms. The van der Waals surface area contributed by atoms with Gasteiger partial charge in [0.15, 0.2) is 11.5 Å². The number of hydrogen-bond donors (Lipinski definition) is 2. The van der Waals surface area contributed by atoms with Crippen molar-refractivity contribution in [1.29, 1.82) is 0 Å². The van der Waals surface area contributed by atoms with Crippen LogP contribution in [0.1, 0.15) is 39.3 Å². The van der Waals surface area contributed by atoms with Crippen LogP contribution in [-0.2, 0) is 9.53 Å². The topological polar surface area (TPSA) is 82.8 Å². The summed E-state index contributed by atoms with van der Waals surface area (Å²) < 4.78 is 16.2. The number of nitrogens with two attached hydrogens (primary N) is 1. The monoisotopic (exact) mass is 338 g/mol. The average molecular weight is 338 g/mol. The summed E-state index contributed by atoms with van der Waals surface area (Å²) in [5, 5.41) is 3.00. The minimum absolute atomic E-state index is 0.171. The Morgan fingerprint density at radius 2 is 1.79 bits per heavy atom. The molecule has 1 aromatic rings. The number of benzene rings is 1. The molecule has 0 aliphatic rings. The molecule has 6 heteroatoms. The molecule has 0 aliphatic carbocycles. The first-order chi connectivity index (χ1) is 11.4. The highest BCUT2D eigenvalue weighted by atomic mass is 16.5. The number of amides is 1. The first-order valence-corrected chi connectivity index (χ1v) is 8.38. The normalized spacial score (nSPS) is 13.5. The van der Waals surface area contributed by atoms with E-state index in [0.717, 1.165) is 5.56 Å². The van der Waals surface area contributed by atoms with Gasteiger partial charge in [0, 0.05) is 7.11 Å². The summed E-state index contributed by atoms with van der Waals surface area (Å²) in [5.41, 5.74) is 6.77. The van der Waals surface area contributed by atoms with E-state index in [1.807, 2.05) is 45.9 Å². The van der Waals surface area contributed by atoms with Gasteiger partial charge in [0.25, 0.3) is 0 Å². The molecule has 0 aliphatic heterocycles. The Bertz CT molecular complexity index is 520. The number of nitrogens with one attached hydrogen (secondary N) is 1. The zero-order valence-electron chi connectivity index (χ0n) is 15.3. The lowest BCUT2D eigenvalue weighted by Gasteiger charge is -2.25. The Labute approximate surface area is 144 Å². The highest BCUT2D eigenvalue weighted by Crippen LogP contribution is 2.32. The van der Waals surface area contributed by atoms with Crippen molar-refractivity contribution >= 4 is 5.91 Å². The molecule has 0 saturated carbocycles. The Kier molecular flexibility index (Phi) is 8.57. The third-order valence-corrected chi connectivity index (χ3v) is 3.57. The number of carbonyl (C=O) groups is 1. The molecule has 2 unspecified atom stereocenters. The van der Waals surface area contributed by atoms with Crippen molar-refractivity contribution in [2.75, 3.05) is 26.9 Å². The second-order valence-electron chi connectivity index (χ2n) is 5.86. The van der Waals surface area contributed by atoms with Crippen molar-refractivity contribution in [3.63, 3.8) is 0 Å². The van der Waals surface area contributed by atoms with Crippen LogP contribution in [0.5, 0.6) is 11.5 Å². The van der Waals surface area contributed by atoms with Gasteiger partial charge in [0.2, 0.25) is 5.91 Å². The zero-order chi connectivity index (χ0) is 18.1. The van der Waals surface area contributed by atoms with E-state index in [1.165, 1.54) is 7.11 Å². The molecule has 1 rings (SSSR count). The summed E-state index contributed by atoms with van der Waals surface area (Å²) >= 11 is 0. The predicted octanol–water partition coefficient (Wildman–Crippen LogP) is 2.27. The van der Waals surface area contributed by atoms with Crippen molar-refractivity contribution in [2.45, 2.75) is 39.8 Å². The first kappa shape index (κ1) is 20.3. The number of methoxy groups -OCH3 is 1. The second kappa shape index (κ2) is 10.2. The molecule has 0 radical (unpaired) electrons. The van der Waals surface area contributed by atoms with E-state index in [9.17, 15) is 4.79 Å². The Morgan fingerprint density at radius 3 is 2.33 bits per heavy atom. The Balaban J connectivity index is 3.03. The van der Waals surface area contributed by atoms with Crippen LogP contribution in [-0.4, -0.2) is 38.9 Å². The smallest absolute Gasteiger partial charge is 0.239 e. The van der Waals surface area contributed by atoms with Gasteiger partial charge in [-0.25, -0.2) is 0 Å². The van der Waals surface area contributed by atoms with Crippen LogP contribution < -0.4 is 20.5 Å². The van der Waals surface area contributed by atoms with Crippen molar-refractivity contribution in [3.05, 3.63) is 23.8 Å². The van der Waals surface area contributed by atoms with Crippen LogP contribution in [0.2, 0.25) is 0 Å². The number of hydrogen-bond acceptors (Lipinski definition) is 5. The molecular formula is C18H30N2O4. The Morgan fingerprint density at radius 1 is 1.17 bits per heavy atom. The summed E-state index contributed by atoms with van der Waals surface area (Å²) in [5.74, 6) is 1.34. The van der Waals surface area contributed by atoms with Crippen molar-refractivity contribution in [2.24, 2.45) is 11.7 Å². The van der Waals surface area contributed by atoms with Gasteiger partial charge in [0.1, 0.15) is 6.04 Å². The maximum atomic E-state index is 12.2. The average Bonchev–Trinajstić information content (AvgIpc) is 2.54. The summed E-state index contributed by atoms with van der Waals surface area (Å²) in [7, 11) is 1.52. The minimum Gasteiger partial charge on any atom is -0.490 e. The zero-order valence-corrected chi connectivity index (χ0v) is 15.3. The SMILES string of the molecule is CCOc1ccc(C(NC(=O)C(N)COC)C(C)C)cc1OCC. The van der Waals surface area contributed by atoms with Crippen LogP contribution in [0.15, 0.2) is 18.2 Å². The molecule has 3 N–H and O–H groups in total. The minimum atomic E-state index is -0.690. The van der Waals surface area contributed by atoms with Crippen molar-refractivity contribution in [3.8, 4) is 11.5 Å². The van der Waals surface area contributed by atoms with Crippen LogP contribution in [0.25, 0.3) is 0 Å². The first-order valence-electron chi connectivity index (χ1n) is 8.38. The lowest BCUT2D eigenvalue weighted by molar-refractivity contribution is -0.124. The summed E-state index contributed by atoms with van der Waals surface area (Å²) in [6.07, 6.45) is 0. The fourth-order valence-electron chi connectivity index (χ4n) is 2.41. The van der Waals surface area contributed by atoms with Crippen molar-refractivity contribution in [1.82, 2.24) is 5.32 Å². The Hall–Kier alpha value is -1.79. The van der Waals surface area contributed by atoms with Crippen LogP contribution in [0, 0.1) is 5.92 Å². The summed E-state index contributed by atoms with van der Waals surface area (Å²) in [6.45, 7) is 9.24. The molecule has 136 valence electrons. The lowest BCUT2D eigenvalue weighted by atomic mass is 9.95. The second-order valence-corrected chi connectivity index (χ2v) is 5.86. The number of carbonyl (C=O) groups excluding carboxylic acids is 1. The van der Waals surface area contributed by atoms with E-state index >= 15 is 0 Å². The molecule has 1 aromatic carbocycles. The molecule has 2 atom stereocenters. The fourth-order valence-corrected chi connectivity index (χ4v) is 2.41. The molecule has 0 bridgehead atoms. The number of ether oxygens (including phenoxy) is 3. The van der Waals surface area contributed by atoms with E-state index < -0.39 is 6.04 Å². The third kappa shape index (κ3) is 5.69. The van der Waals surface area contributed by atoms with Gasteiger partial charge in [-0.2, -0.15) is 0 Å². The molecule has 0 saturated heterocycles. The van der Waals surface area contributed by atoms with Gasteiger partial charge < -0.3 is 25.3 Å².